The molecule has 32 heavy (non-hydrogen) atoms. The predicted octanol–water partition coefficient (Wildman–Crippen LogP) is 4.37. The summed E-state index contributed by atoms with van der Waals surface area (Å²) in [7, 11) is 1.62. The van der Waals surface area contributed by atoms with Crippen LogP contribution in [0.4, 0.5) is 0 Å². The first kappa shape index (κ1) is 23.3. The van der Waals surface area contributed by atoms with E-state index in [0.29, 0.717) is 19.4 Å². The van der Waals surface area contributed by atoms with Gasteiger partial charge in [0.2, 0.25) is 0 Å². The second-order valence-electron chi connectivity index (χ2n) is 9.09. The van der Waals surface area contributed by atoms with Crippen LogP contribution in [-0.2, 0) is 4.79 Å². The van der Waals surface area contributed by atoms with Crippen LogP contribution in [0.5, 0.6) is 5.75 Å². The second-order valence-corrected chi connectivity index (χ2v) is 10.5. The average molecular weight is 459 g/mol. The summed E-state index contributed by atoms with van der Waals surface area (Å²) in [6, 6.07) is 7.51. The smallest absolute Gasteiger partial charge is 0.308 e. The first-order chi connectivity index (χ1) is 15.5. The lowest BCUT2D eigenvalue weighted by atomic mass is 9.81. The maximum Gasteiger partial charge on any atom is 0.308 e. The largest absolute Gasteiger partial charge is 0.497 e. The number of carboxylic acids is 1. The maximum atomic E-state index is 12.0. The number of piperidine rings is 1. The number of thioether (sulfide) groups is 1. The highest BCUT2D eigenvalue weighted by Gasteiger charge is 2.34. The number of rotatable bonds is 10. The van der Waals surface area contributed by atoms with Gasteiger partial charge in [-0.15, -0.1) is 0 Å². The third-order valence-electron chi connectivity index (χ3n) is 7.12. The molecule has 1 unspecified atom stereocenters. The highest BCUT2D eigenvalue weighted by molar-refractivity contribution is 7.99. The molecule has 6 nitrogen and oxygen atoms in total. The van der Waals surface area contributed by atoms with Crippen LogP contribution in [-0.4, -0.2) is 63.8 Å². The van der Waals surface area contributed by atoms with Gasteiger partial charge in [-0.05, 0) is 74.4 Å². The molecule has 1 aliphatic heterocycles. The van der Waals surface area contributed by atoms with E-state index in [1.54, 1.807) is 13.3 Å². The van der Waals surface area contributed by atoms with Crippen molar-refractivity contribution in [2.45, 2.75) is 49.9 Å². The van der Waals surface area contributed by atoms with E-state index in [4.69, 9.17) is 4.74 Å². The molecule has 2 fully saturated rings. The highest BCUT2D eigenvalue weighted by atomic mass is 32.2. The number of carboxylic acid groups (broad SMARTS) is 1. The summed E-state index contributed by atoms with van der Waals surface area (Å²) < 4.78 is 5.33. The molecule has 2 N–H and O–H groups in total. The van der Waals surface area contributed by atoms with Gasteiger partial charge in [-0.25, -0.2) is 0 Å². The summed E-state index contributed by atoms with van der Waals surface area (Å²) in [6.07, 6.45) is 7.23. The Labute approximate surface area is 194 Å². The van der Waals surface area contributed by atoms with Crippen molar-refractivity contribution in [3.05, 3.63) is 36.0 Å². The summed E-state index contributed by atoms with van der Waals surface area (Å²) >= 11 is 2.05. The number of hydrogen-bond acceptors (Lipinski definition) is 6. The zero-order valence-electron chi connectivity index (χ0n) is 18.8. The minimum absolute atomic E-state index is 0.0975. The van der Waals surface area contributed by atoms with E-state index in [1.807, 2.05) is 36.0 Å². The van der Waals surface area contributed by atoms with Crippen molar-refractivity contribution in [3.63, 3.8) is 0 Å². The molecular formula is C25H34N2O4S. The van der Waals surface area contributed by atoms with Gasteiger partial charge >= 0.3 is 5.97 Å². The number of fused-ring (bicyclic) bond motifs is 1. The van der Waals surface area contributed by atoms with E-state index in [2.05, 4.69) is 9.88 Å². The molecule has 3 atom stereocenters. The molecule has 1 aromatic heterocycles. The van der Waals surface area contributed by atoms with Crippen molar-refractivity contribution in [3.8, 4) is 5.75 Å². The van der Waals surface area contributed by atoms with Crippen LogP contribution in [0.1, 0.15) is 50.2 Å². The minimum atomic E-state index is -0.708. The Morgan fingerprint density at radius 3 is 2.88 bits per heavy atom. The predicted molar refractivity (Wildman–Crippen MR) is 128 cm³/mol. The second kappa shape index (κ2) is 10.9. The van der Waals surface area contributed by atoms with Crippen molar-refractivity contribution in [1.82, 2.24) is 9.88 Å². The number of aromatic nitrogens is 1. The molecule has 1 saturated heterocycles. The molecule has 2 heterocycles. The number of pyridine rings is 1. The lowest BCUT2D eigenvalue weighted by Gasteiger charge is -2.37. The average Bonchev–Trinajstić information content (AvgIpc) is 2.78. The van der Waals surface area contributed by atoms with Gasteiger partial charge in [0.15, 0.2) is 0 Å². The molecule has 174 valence electrons. The number of nitrogens with zero attached hydrogens (tertiary/aromatic N) is 2. The normalized spacial score (nSPS) is 23.1. The van der Waals surface area contributed by atoms with Crippen LogP contribution in [0.2, 0.25) is 0 Å². The van der Waals surface area contributed by atoms with Crippen molar-refractivity contribution in [2.24, 2.45) is 11.8 Å². The van der Waals surface area contributed by atoms with Gasteiger partial charge in [0.1, 0.15) is 5.75 Å². The van der Waals surface area contributed by atoms with Crippen LogP contribution in [0, 0.1) is 11.8 Å². The van der Waals surface area contributed by atoms with Gasteiger partial charge in [-0.2, -0.15) is 11.8 Å². The van der Waals surface area contributed by atoms with Crippen LogP contribution >= 0.6 is 11.8 Å². The summed E-state index contributed by atoms with van der Waals surface area (Å²) in [4.78, 5) is 18.7. The Hall–Kier alpha value is -1.83. The fourth-order valence-electron chi connectivity index (χ4n) is 4.87. The van der Waals surface area contributed by atoms with E-state index < -0.39 is 12.1 Å². The highest BCUT2D eigenvalue weighted by Crippen LogP contribution is 2.34. The number of benzene rings is 1. The van der Waals surface area contributed by atoms with Gasteiger partial charge in [0, 0.05) is 35.7 Å². The van der Waals surface area contributed by atoms with E-state index in [1.165, 1.54) is 19.3 Å². The standard InChI is InChI=1S/C25H34N2O4S/c1-31-18-6-7-23-21(15-18)20(9-11-26-23)24(28)8-5-17-10-12-27(16-22(17)25(29)30)13-14-32-19-3-2-4-19/h6-7,9,11,15,17,19,22,24,28H,2-5,8,10,12-14,16H2,1H3,(H,29,30)/t17-,22+,24?/m1/s1. The van der Waals surface area contributed by atoms with Crippen LogP contribution < -0.4 is 4.74 Å². The van der Waals surface area contributed by atoms with Crippen LogP contribution in [0.3, 0.4) is 0 Å². The first-order valence-corrected chi connectivity index (χ1v) is 12.8. The molecule has 0 spiro atoms. The lowest BCUT2D eigenvalue weighted by Crippen LogP contribution is -2.44. The van der Waals surface area contributed by atoms with Gasteiger partial charge in [0.25, 0.3) is 0 Å². The van der Waals surface area contributed by atoms with E-state index in [-0.39, 0.29) is 11.8 Å². The van der Waals surface area contributed by atoms with Crippen molar-refractivity contribution in [2.75, 3.05) is 32.5 Å². The minimum Gasteiger partial charge on any atom is -0.497 e. The molecular weight excluding hydrogens is 424 g/mol. The molecule has 4 rings (SSSR count). The number of aliphatic carboxylic acids is 1. The Morgan fingerprint density at radius 1 is 1.31 bits per heavy atom. The summed E-state index contributed by atoms with van der Waals surface area (Å²) in [5.74, 6) is 0.853. The van der Waals surface area contributed by atoms with Crippen LogP contribution in [0.15, 0.2) is 30.5 Å². The number of aliphatic hydroxyl groups excluding tert-OH is 1. The Bertz CT molecular complexity index is 920. The number of ether oxygens (including phenoxy) is 1. The lowest BCUT2D eigenvalue weighted by molar-refractivity contribution is -0.146. The Balaban J connectivity index is 1.34. The molecule has 0 radical (unpaired) electrons. The fraction of sp³-hybridized carbons (Fsp3) is 0.600. The monoisotopic (exact) mass is 458 g/mol. The van der Waals surface area contributed by atoms with Gasteiger partial charge in [0.05, 0.1) is 24.6 Å². The maximum absolute atomic E-state index is 12.0. The molecule has 1 aliphatic carbocycles. The van der Waals surface area contributed by atoms with E-state index in [0.717, 1.165) is 52.7 Å². The van der Waals surface area contributed by atoms with Crippen LogP contribution in [0.25, 0.3) is 10.9 Å². The number of hydrogen-bond donors (Lipinski definition) is 2. The zero-order valence-corrected chi connectivity index (χ0v) is 19.6. The molecule has 1 saturated carbocycles. The third-order valence-corrected chi connectivity index (χ3v) is 8.48. The third kappa shape index (κ3) is 5.56. The van der Waals surface area contributed by atoms with Gasteiger partial charge in [-0.1, -0.05) is 6.42 Å². The van der Waals surface area contributed by atoms with Gasteiger partial charge in [-0.3, -0.25) is 9.78 Å². The Morgan fingerprint density at radius 2 is 2.16 bits per heavy atom. The summed E-state index contributed by atoms with van der Waals surface area (Å²) in [5.41, 5.74) is 1.64. The molecule has 0 bridgehead atoms. The van der Waals surface area contributed by atoms with E-state index >= 15 is 0 Å². The molecule has 2 aromatic rings. The van der Waals surface area contributed by atoms with Crippen molar-refractivity contribution >= 4 is 28.6 Å². The van der Waals surface area contributed by atoms with Crippen molar-refractivity contribution in [1.29, 1.82) is 0 Å². The first-order valence-electron chi connectivity index (χ1n) is 11.7. The number of carbonyl (C=O) groups is 1. The van der Waals surface area contributed by atoms with Crippen molar-refractivity contribution < 1.29 is 19.7 Å². The molecule has 0 amide bonds. The zero-order chi connectivity index (χ0) is 22.5. The topological polar surface area (TPSA) is 82.9 Å². The number of likely N-dealkylation sites (tertiary alicyclic amines) is 1. The SMILES string of the molecule is COc1ccc2nccc(C(O)CC[C@@H]3CCN(CCSC4CCC4)C[C@@H]3C(=O)O)c2c1. The number of aliphatic hydroxyl groups is 1. The number of methoxy groups -OCH3 is 1. The Kier molecular flexibility index (Phi) is 7.92. The summed E-state index contributed by atoms with van der Waals surface area (Å²) in [6.45, 7) is 2.55. The quantitative estimate of drug-likeness (QED) is 0.547. The molecule has 7 heteroatoms. The fourth-order valence-corrected chi connectivity index (χ4v) is 6.24. The summed E-state index contributed by atoms with van der Waals surface area (Å²) in [5, 5.41) is 22.5. The molecule has 2 aliphatic rings. The molecule has 1 aromatic carbocycles. The van der Waals surface area contributed by atoms with Gasteiger partial charge < -0.3 is 19.8 Å². The van der Waals surface area contributed by atoms with E-state index in [9.17, 15) is 15.0 Å².